The Balaban J connectivity index is 1.74. The van der Waals surface area contributed by atoms with E-state index in [2.05, 4.69) is 5.32 Å². The molecule has 7 heteroatoms. The molecule has 1 aliphatic rings. The Morgan fingerprint density at radius 1 is 1.46 bits per heavy atom. The molecule has 0 aromatic heterocycles. The molecule has 0 saturated carbocycles. The first-order chi connectivity index (χ1) is 11.4. The van der Waals surface area contributed by atoms with Gasteiger partial charge in [0.05, 0.1) is 25.2 Å². The largest absolute Gasteiger partial charge is 0.494 e. The molecule has 0 spiro atoms. The molecule has 0 bridgehead atoms. The number of aryl methyl sites for hydroxylation is 1. The lowest BCUT2D eigenvalue weighted by Gasteiger charge is -2.27. The highest BCUT2D eigenvalue weighted by Crippen LogP contribution is 2.23. The number of hydrogen-bond donors (Lipinski definition) is 2. The first-order valence-electron chi connectivity index (χ1n) is 7.90. The number of hydrogen-bond acceptors (Lipinski definition) is 4. The third-order valence-corrected chi connectivity index (χ3v) is 4.37. The summed E-state index contributed by atoms with van der Waals surface area (Å²) in [6.45, 7) is 3.00. The second kappa shape index (κ2) is 8.35. The van der Waals surface area contributed by atoms with E-state index in [9.17, 15) is 9.59 Å². The van der Waals surface area contributed by atoms with Gasteiger partial charge in [0.25, 0.3) is 0 Å². The van der Waals surface area contributed by atoms with Crippen molar-refractivity contribution in [2.75, 3.05) is 19.8 Å². The van der Waals surface area contributed by atoms with E-state index in [-0.39, 0.29) is 25.4 Å². The standard InChI is InChI=1S/C17H22ClNO5/c1-12-9-13(4-5-14(12)18)24-7-2-3-15(20)19-17(10-16(21)22)6-8-23-11-17/h4-5,9H,2-3,6-8,10-11H2,1H3,(H,19,20)(H,21,22). The van der Waals surface area contributed by atoms with Gasteiger partial charge in [-0.05, 0) is 43.5 Å². The molecule has 1 fully saturated rings. The molecule has 6 nitrogen and oxygen atoms in total. The van der Waals surface area contributed by atoms with Crippen LogP contribution in [0.3, 0.4) is 0 Å². The smallest absolute Gasteiger partial charge is 0.305 e. The van der Waals surface area contributed by atoms with Gasteiger partial charge < -0.3 is 19.9 Å². The van der Waals surface area contributed by atoms with Crippen molar-refractivity contribution in [3.63, 3.8) is 0 Å². The number of carbonyl (C=O) groups excluding carboxylic acids is 1. The second-order valence-electron chi connectivity index (χ2n) is 6.06. The van der Waals surface area contributed by atoms with Gasteiger partial charge in [0, 0.05) is 18.1 Å². The Morgan fingerprint density at radius 2 is 2.25 bits per heavy atom. The van der Waals surface area contributed by atoms with Gasteiger partial charge in [-0.15, -0.1) is 0 Å². The molecule has 132 valence electrons. The Kier molecular flexibility index (Phi) is 6.45. The lowest BCUT2D eigenvalue weighted by molar-refractivity contribution is -0.139. The molecule has 2 rings (SSSR count). The Hall–Kier alpha value is -1.79. The number of carboxylic acids is 1. The van der Waals surface area contributed by atoms with Gasteiger partial charge in [-0.1, -0.05) is 11.6 Å². The molecular weight excluding hydrogens is 334 g/mol. The maximum absolute atomic E-state index is 12.1. The number of ether oxygens (including phenoxy) is 2. The van der Waals surface area contributed by atoms with Crippen LogP contribution in [0.4, 0.5) is 0 Å². The number of nitrogens with one attached hydrogen (secondary N) is 1. The van der Waals surface area contributed by atoms with E-state index < -0.39 is 11.5 Å². The lowest BCUT2D eigenvalue weighted by Crippen LogP contribution is -2.50. The van der Waals surface area contributed by atoms with Crippen molar-refractivity contribution in [2.24, 2.45) is 0 Å². The van der Waals surface area contributed by atoms with Crippen LogP contribution in [-0.2, 0) is 14.3 Å². The second-order valence-corrected chi connectivity index (χ2v) is 6.47. The summed E-state index contributed by atoms with van der Waals surface area (Å²) in [6.07, 6.45) is 1.20. The highest BCUT2D eigenvalue weighted by molar-refractivity contribution is 6.31. The summed E-state index contributed by atoms with van der Waals surface area (Å²) in [6, 6.07) is 5.40. The van der Waals surface area contributed by atoms with Crippen LogP contribution in [0.2, 0.25) is 5.02 Å². The van der Waals surface area contributed by atoms with Gasteiger partial charge in [-0.25, -0.2) is 0 Å². The van der Waals surface area contributed by atoms with Crippen molar-refractivity contribution in [2.45, 2.75) is 38.1 Å². The average molecular weight is 356 g/mol. The monoisotopic (exact) mass is 355 g/mol. The molecular formula is C17H22ClNO5. The molecule has 1 aromatic carbocycles. The summed E-state index contributed by atoms with van der Waals surface area (Å²) >= 11 is 5.95. The van der Waals surface area contributed by atoms with Gasteiger partial charge >= 0.3 is 5.97 Å². The van der Waals surface area contributed by atoms with Crippen molar-refractivity contribution in [3.05, 3.63) is 28.8 Å². The highest BCUT2D eigenvalue weighted by atomic mass is 35.5. The maximum atomic E-state index is 12.1. The molecule has 2 N–H and O–H groups in total. The van der Waals surface area contributed by atoms with E-state index in [0.717, 1.165) is 5.56 Å². The fourth-order valence-electron chi connectivity index (χ4n) is 2.67. The van der Waals surface area contributed by atoms with Gasteiger partial charge in [-0.2, -0.15) is 0 Å². The van der Waals surface area contributed by atoms with Crippen LogP contribution in [-0.4, -0.2) is 42.3 Å². The Bertz CT molecular complexity index is 599. The number of aliphatic carboxylic acids is 1. The van der Waals surface area contributed by atoms with Gasteiger partial charge in [-0.3, -0.25) is 9.59 Å². The summed E-state index contributed by atoms with van der Waals surface area (Å²) in [4.78, 5) is 23.0. The molecule has 1 aliphatic heterocycles. The number of amides is 1. The quantitative estimate of drug-likeness (QED) is 0.700. The zero-order valence-electron chi connectivity index (χ0n) is 13.6. The summed E-state index contributed by atoms with van der Waals surface area (Å²) in [7, 11) is 0. The van der Waals surface area contributed by atoms with E-state index >= 15 is 0 Å². The third-order valence-electron chi connectivity index (χ3n) is 3.94. The fraction of sp³-hybridized carbons (Fsp3) is 0.529. The summed E-state index contributed by atoms with van der Waals surface area (Å²) in [5.41, 5.74) is 0.153. The summed E-state index contributed by atoms with van der Waals surface area (Å²) in [5, 5.41) is 12.5. The minimum Gasteiger partial charge on any atom is -0.494 e. The van der Waals surface area contributed by atoms with E-state index in [1.54, 1.807) is 12.1 Å². The van der Waals surface area contributed by atoms with E-state index in [0.29, 0.717) is 36.8 Å². The maximum Gasteiger partial charge on any atom is 0.305 e. The highest BCUT2D eigenvalue weighted by Gasteiger charge is 2.38. The average Bonchev–Trinajstić information content (AvgIpc) is 2.94. The van der Waals surface area contributed by atoms with Crippen LogP contribution >= 0.6 is 11.6 Å². The summed E-state index contributed by atoms with van der Waals surface area (Å²) in [5.74, 6) is -0.413. The van der Waals surface area contributed by atoms with Crippen molar-refractivity contribution < 1.29 is 24.2 Å². The molecule has 24 heavy (non-hydrogen) atoms. The molecule has 1 aromatic rings. The van der Waals surface area contributed by atoms with Gasteiger partial charge in [0.15, 0.2) is 0 Å². The molecule has 1 unspecified atom stereocenters. The zero-order chi connectivity index (χ0) is 17.6. The van der Waals surface area contributed by atoms with E-state index in [4.69, 9.17) is 26.2 Å². The number of rotatable bonds is 8. The minimum atomic E-state index is -0.942. The molecule has 1 atom stereocenters. The van der Waals surface area contributed by atoms with Crippen molar-refractivity contribution in [3.8, 4) is 5.75 Å². The number of carbonyl (C=O) groups is 2. The lowest BCUT2D eigenvalue weighted by atomic mass is 9.94. The third kappa shape index (κ3) is 5.39. The fourth-order valence-corrected chi connectivity index (χ4v) is 2.78. The van der Waals surface area contributed by atoms with E-state index in [1.807, 2.05) is 13.0 Å². The SMILES string of the molecule is Cc1cc(OCCCC(=O)NC2(CC(=O)O)CCOC2)ccc1Cl. The normalized spacial score (nSPS) is 19.9. The van der Waals surface area contributed by atoms with Crippen LogP contribution in [0.5, 0.6) is 5.75 Å². The minimum absolute atomic E-state index is 0.126. The van der Waals surface area contributed by atoms with Crippen molar-refractivity contribution in [1.82, 2.24) is 5.32 Å². The van der Waals surface area contributed by atoms with Crippen molar-refractivity contribution >= 4 is 23.5 Å². The Morgan fingerprint density at radius 3 is 2.88 bits per heavy atom. The van der Waals surface area contributed by atoms with Gasteiger partial charge in [0.1, 0.15) is 5.75 Å². The van der Waals surface area contributed by atoms with Crippen LogP contribution in [0, 0.1) is 6.92 Å². The first kappa shape index (κ1) is 18.5. The molecule has 0 radical (unpaired) electrons. The zero-order valence-corrected chi connectivity index (χ0v) is 14.4. The first-order valence-corrected chi connectivity index (χ1v) is 8.27. The van der Waals surface area contributed by atoms with Crippen LogP contribution in [0.15, 0.2) is 18.2 Å². The van der Waals surface area contributed by atoms with Gasteiger partial charge in [0.2, 0.25) is 5.91 Å². The molecule has 1 heterocycles. The van der Waals surface area contributed by atoms with Crippen molar-refractivity contribution in [1.29, 1.82) is 0 Å². The topological polar surface area (TPSA) is 84.9 Å². The predicted octanol–water partition coefficient (Wildman–Crippen LogP) is 2.56. The molecule has 0 aliphatic carbocycles. The predicted molar refractivity (Wildman–Crippen MR) is 89.5 cm³/mol. The Labute approximate surface area is 146 Å². The number of benzene rings is 1. The van der Waals surface area contributed by atoms with Crippen LogP contribution in [0.1, 0.15) is 31.2 Å². The number of carboxylic acid groups (broad SMARTS) is 1. The molecule has 1 saturated heterocycles. The summed E-state index contributed by atoms with van der Waals surface area (Å²) < 4.78 is 10.8. The van der Waals surface area contributed by atoms with Crippen LogP contribution < -0.4 is 10.1 Å². The van der Waals surface area contributed by atoms with E-state index in [1.165, 1.54) is 0 Å². The number of halogens is 1. The molecule has 1 amide bonds. The van der Waals surface area contributed by atoms with Crippen LogP contribution in [0.25, 0.3) is 0 Å².